The molecule has 4 heteroatoms. The highest BCUT2D eigenvalue weighted by Gasteiger charge is 2.14. The van der Waals surface area contributed by atoms with Crippen molar-refractivity contribution in [3.8, 4) is 22.6 Å². The maximum absolute atomic E-state index is 12.5. The minimum absolute atomic E-state index is 0.377. The Labute approximate surface area is 177 Å². The van der Waals surface area contributed by atoms with Gasteiger partial charge in [0, 0.05) is 12.1 Å². The minimum Gasteiger partial charge on any atom is -0.493 e. The summed E-state index contributed by atoms with van der Waals surface area (Å²) in [5, 5.41) is 3.55. The van der Waals surface area contributed by atoms with E-state index in [1.165, 1.54) is 19.3 Å². The first kappa shape index (κ1) is 20.2. The zero-order chi connectivity index (χ0) is 20.6. The highest BCUT2D eigenvalue weighted by atomic mass is 16.5. The molecular formula is C26H27NO3. The number of hydrogen-bond donors (Lipinski definition) is 1. The van der Waals surface area contributed by atoms with Gasteiger partial charge in [0.2, 0.25) is 0 Å². The first-order valence-corrected chi connectivity index (χ1v) is 10.6. The number of esters is 1. The third-order valence-electron chi connectivity index (χ3n) is 5.35. The molecule has 0 saturated carbocycles. The van der Waals surface area contributed by atoms with Gasteiger partial charge in [0.05, 0.1) is 12.2 Å². The summed E-state index contributed by atoms with van der Waals surface area (Å²) < 4.78 is 11.7. The Balaban J connectivity index is 1.51. The van der Waals surface area contributed by atoms with Crippen molar-refractivity contribution in [1.82, 2.24) is 5.32 Å². The van der Waals surface area contributed by atoms with E-state index in [0.717, 1.165) is 24.1 Å². The number of ether oxygens (including phenoxy) is 2. The smallest absolute Gasteiger partial charge is 0.343 e. The van der Waals surface area contributed by atoms with Crippen LogP contribution in [0.25, 0.3) is 11.1 Å². The minimum atomic E-state index is -0.377. The van der Waals surface area contributed by atoms with Gasteiger partial charge in [0.1, 0.15) is 11.5 Å². The van der Waals surface area contributed by atoms with Gasteiger partial charge in [0.25, 0.3) is 0 Å². The van der Waals surface area contributed by atoms with Gasteiger partial charge in [-0.1, -0.05) is 55.0 Å². The van der Waals surface area contributed by atoms with Crippen LogP contribution in [0.3, 0.4) is 0 Å². The van der Waals surface area contributed by atoms with Crippen molar-refractivity contribution >= 4 is 5.97 Å². The van der Waals surface area contributed by atoms with Crippen LogP contribution in [0.2, 0.25) is 0 Å². The molecule has 3 aromatic rings. The molecule has 1 heterocycles. The van der Waals surface area contributed by atoms with E-state index in [1.807, 2.05) is 60.7 Å². The first-order valence-electron chi connectivity index (χ1n) is 10.6. The first-order chi connectivity index (χ1) is 14.8. The summed E-state index contributed by atoms with van der Waals surface area (Å²) >= 11 is 0. The van der Waals surface area contributed by atoms with Gasteiger partial charge >= 0.3 is 5.97 Å². The molecular weight excluding hydrogens is 374 g/mol. The second kappa shape index (κ2) is 10.1. The van der Waals surface area contributed by atoms with Crippen molar-refractivity contribution in [3.05, 3.63) is 84.4 Å². The van der Waals surface area contributed by atoms with E-state index in [0.29, 0.717) is 29.7 Å². The third-order valence-corrected chi connectivity index (χ3v) is 5.35. The molecule has 4 rings (SSSR count). The highest BCUT2D eigenvalue weighted by Crippen LogP contribution is 2.30. The number of rotatable bonds is 7. The Kier molecular flexibility index (Phi) is 6.78. The van der Waals surface area contributed by atoms with Gasteiger partial charge in [0.15, 0.2) is 0 Å². The molecule has 3 aromatic carbocycles. The van der Waals surface area contributed by atoms with Crippen molar-refractivity contribution in [1.29, 1.82) is 0 Å². The zero-order valence-corrected chi connectivity index (χ0v) is 17.1. The monoisotopic (exact) mass is 401 g/mol. The zero-order valence-electron chi connectivity index (χ0n) is 17.1. The van der Waals surface area contributed by atoms with Gasteiger partial charge < -0.3 is 14.8 Å². The number of carbonyl (C=O) groups is 1. The van der Waals surface area contributed by atoms with Gasteiger partial charge in [-0.25, -0.2) is 4.79 Å². The Morgan fingerprint density at radius 2 is 1.60 bits per heavy atom. The van der Waals surface area contributed by atoms with E-state index in [4.69, 9.17) is 9.47 Å². The van der Waals surface area contributed by atoms with E-state index in [9.17, 15) is 4.79 Å². The van der Waals surface area contributed by atoms with E-state index in [2.05, 4.69) is 5.32 Å². The predicted octanol–water partition coefficient (Wildman–Crippen LogP) is 5.48. The average Bonchev–Trinajstić information content (AvgIpc) is 2.81. The van der Waals surface area contributed by atoms with Crippen LogP contribution < -0.4 is 14.8 Å². The lowest BCUT2D eigenvalue weighted by atomic mass is 10.0. The second-order valence-electron chi connectivity index (χ2n) is 7.60. The normalized spacial score (nSPS) is 16.1. The van der Waals surface area contributed by atoms with E-state index >= 15 is 0 Å². The standard InChI is InChI=1S/C26H27NO3/c28-26(21-11-5-2-6-12-21)30-25-18-22(20-9-3-1-4-10-20)17-24(19-25)29-16-14-23-13-7-8-15-27-23/h1-6,9-12,17-19,23,27H,7-8,13-16H2. The molecule has 1 fully saturated rings. The molecule has 1 N–H and O–H groups in total. The van der Waals surface area contributed by atoms with Crippen LogP contribution in [0.5, 0.6) is 11.5 Å². The van der Waals surface area contributed by atoms with Gasteiger partial charge in [-0.3, -0.25) is 0 Å². The number of benzene rings is 3. The fourth-order valence-corrected chi connectivity index (χ4v) is 3.74. The second-order valence-corrected chi connectivity index (χ2v) is 7.60. The Bertz CT molecular complexity index is 951. The van der Waals surface area contributed by atoms with E-state index in [-0.39, 0.29) is 5.97 Å². The average molecular weight is 402 g/mol. The van der Waals surface area contributed by atoms with E-state index in [1.54, 1.807) is 18.2 Å². The molecule has 1 aliphatic rings. The molecule has 4 nitrogen and oxygen atoms in total. The number of hydrogen-bond acceptors (Lipinski definition) is 4. The van der Waals surface area contributed by atoms with Crippen LogP contribution in [-0.2, 0) is 0 Å². The fourth-order valence-electron chi connectivity index (χ4n) is 3.74. The van der Waals surface area contributed by atoms with Crippen molar-refractivity contribution in [2.24, 2.45) is 0 Å². The van der Waals surface area contributed by atoms with Crippen molar-refractivity contribution < 1.29 is 14.3 Å². The summed E-state index contributed by atoms with van der Waals surface area (Å²) in [5.41, 5.74) is 2.53. The molecule has 0 radical (unpaired) electrons. The van der Waals surface area contributed by atoms with Crippen LogP contribution in [0, 0.1) is 0 Å². The molecule has 1 saturated heterocycles. The molecule has 0 aliphatic carbocycles. The topological polar surface area (TPSA) is 47.6 Å². The largest absolute Gasteiger partial charge is 0.493 e. The van der Waals surface area contributed by atoms with Crippen molar-refractivity contribution in [2.45, 2.75) is 31.7 Å². The fraction of sp³-hybridized carbons (Fsp3) is 0.269. The van der Waals surface area contributed by atoms with Crippen LogP contribution in [0.15, 0.2) is 78.9 Å². The van der Waals surface area contributed by atoms with Gasteiger partial charge in [-0.15, -0.1) is 0 Å². The lowest BCUT2D eigenvalue weighted by molar-refractivity contribution is 0.0734. The summed E-state index contributed by atoms with van der Waals surface area (Å²) in [6.45, 7) is 1.72. The number of carbonyl (C=O) groups excluding carboxylic acids is 1. The predicted molar refractivity (Wildman–Crippen MR) is 119 cm³/mol. The van der Waals surface area contributed by atoms with Crippen molar-refractivity contribution in [3.63, 3.8) is 0 Å². The molecule has 0 aromatic heterocycles. The van der Waals surface area contributed by atoms with Crippen molar-refractivity contribution in [2.75, 3.05) is 13.2 Å². The maximum Gasteiger partial charge on any atom is 0.343 e. The van der Waals surface area contributed by atoms with Crippen LogP contribution >= 0.6 is 0 Å². The Morgan fingerprint density at radius 3 is 2.33 bits per heavy atom. The quantitative estimate of drug-likeness (QED) is 0.420. The SMILES string of the molecule is O=C(Oc1cc(OCCC2CCCCN2)cc(-c2ccccc2)c1)c1ccccc1. The Morgan fingerprint density at radius 1 is 0.867 bits per heavy atom. The number of nitrogens with one attached hydrogen (secondary N) is 1. The van der Waals surface area contributed by atoms with Crippen LogP contribution in [-0.4, -0.2) is 25.2 Å². The summed E-state index contributed by atoms with van der Waals surface area (Å²) in [6.07, 6.45) is 4.70. The molecule has 0 amide bonds. The van der Waals surface area contributed by atoms with E-state index < -0.39 is 0 Å². The molecule has 1 aliphatic heterocycles. The summed E-state index contributed by atoms with van der Waals surface area (Å²) in [4.78, 5) is 12.5. The molecule has 0 spiro atoms. The lowest BCUT2D eigenvalue weighted by Crippen LogP contribution is -2.35. The number of piperidine rings is 1. The third kappa shape index (κ3) is 5.49. The molecule has 30 heavy (non-hydrogen) atoms. The van der Waals surface area contributed by atoms with Gasteiger partial charge in [-0.2, -0.15) is 0 Å². The molecule has 1 unspecified atom stereocenters. The summed E-state index contributed by atoms with van der Waals surface area (Å²) in [7, 11) is 0. The van der Waals surface area contributed by atoms with Crippen LogP contribution in [0.1, 0.15) is 36.0 Å². The van der Waals surface area contributed by atoms with Gasteiger partial charge in [-0.05, 0) is 61.2 Å². The Hall–Kier alpha value is -3.11. The molecule has 154 valence electrons. The molecule has 0 bridgehead atoms. The molecule has 1 atom stereocenters. The highest BCUT2D eigenvalue weighted by molar-refractivity contribution is 5.91. The van der Waals surface area contributed by atoms with Crippen LogP contribution in [0.4, 0.5) is 0 Å². The lowest BCUT2D eigenvalue weighted by Gasteiger charge is -2.23. The maximum atomic E-state index is 12.5. The summed E-state index contributed by atoms with van der Waals surface area (Å²) in [5.74, 6) is 0.817. The summed E-state index contributed by atoms with van der Waals surface area (Å²) in [6, 6.07) is 25.3.